The highest BCUT2D eigenvalue weighted by Crippen LogP contribution is 2.33. The Morgan fingerprint density at radius 3 is 2.50 bits per heavy atom. The number of rotatable bonds is 7. The van der Waals surface area contributed by atoms with E-state index in [0.29, 0.717) is 30.4 Å². The van der Waals surface area contributed by atoms with Crippen molar-refractivity contribution >= 4 is 17.5 Å². The highest BCUT2D eigenvalue weighted by Gasteiger charge is 2.25. The van der Waals surface area contributed by atoms with Gasteiger partial charge in [0, 0.05) is 30.9 Å². The quantitative estimate of drug-likeness (QED) is 0.734. The maximum atomic E-state index is 12.8. The number of amides is 2. The van der Waals surface area contributed by atoms with Crippen LogP contribution in [0.1, 0.15) is 41.6 Å². The third-order valence-electron chi connectivity index (χ3n) is 5.67. The normalized spacial score (nSPS) is 15.4. The van der Waals surface area contributed by atoms with Crippen LogP contribution in [0.25, 0.3) is 0 Å². The van der Waals surface area contributed by atoms with E-state index in [4.69, 9.17) is 9.47 Å². The van der Waals surface area contributed by atoms with Crippen LogP contribution < -0.4 is 20.1 Å². The minimum atomic E-state index is -0.149. The molecule has 1 saturated carbocycles. The van der Waals surface area contributed by atoms with Crippen molar-refractivity contribution in [1.82, 2.24) is 10.2 Å². The summed E-state index contributed by atoms with van der Waals surface area (Å²) >= 11 is 0. The molecule has 2 amide bonds. The van der Waals surface area contributed by atoms with E-state index in [1.807, 2.05) is 18.2 Å². The lowest BCUT2D eigenvalue weighted by atomic mass is 10.1. The summed E-state index contributed by atoms with van der Waals surface area (Å²) in [6, 6.07) is 13.3. The first-order chi connectivity index (χ1) is 14.6. The lowest BCUT2D eigenvalue weighted by Gasteiger charge is -2.28. The van der Waals surface area contributed by atoms with Crippen LogP contribution in [0.3, 0.4) is 0 Å². The molecule has 7 heteroatoms. The van der Waals surface area contributed by atoms with Gasteiger partial charge in [0.1, 0.15) is 0 Å². The molecular formula is C23H27N3O4. The number of nitrogens with one attached hydrogen (secondary N) is 2. The van der Waals surface area contributed by atoms with E-state index < -0.39 is 0 Å². The Bertz CT molecular complexity index is 907. The van der Waals surface area contributed by atoms with Crippen molar-refractivity contribution in [3.8, 4) is 11.5 Å². The number of fused-ring (bicyclic) bond motifs is 1. The molecule has 1 fully saturated rings. The summed E-state index contributed by atoms with van der Waals surface area (Å²) in [5, 5.41) is 5.54. The molecule has 0 radical (unpaired) electrons. The summed E-state index contributed by atoms with van der Waals surface area (Å²) in [6.45, 7) is 1.26. The topological polar surface area (TPSA) is 79.9 Å². The van der Waals surface area contributed by atoms with E-state index >= 15 is 0 Å². The van der Waals surface area contributed by atoms with Crippen molar-refractivity contribution in [2.24, 2.45) is 0 Å². The van der Waals surface area contributed by atoms with Gasteiger partial charge in [-0.05, 0) is 54.8 Å². The van der Waals surface area contributed by atoms with Crippen molar-refractivity contribution in [2.75, 3.05) is 25.7 Å². The molecule has 0 unspecified atom stereocenters. The standard InChI is InChI=1S/C23H27N3O4/c1-24-23(28)17-7-9-18(10-8-17)25-22(27)14-26(19-4-2-3-5-19)13-16-6-11-20-21(12-16)30-15-29-20/h6-12,19H,2-5,13-15H2,1H3,(H,24,28)(H,25,27). The van der Waals surface area contributed by atoms with Gasteiger partial charge in [0.15, 0.2) is 11.5 Å². The highest BCUT2D eigenvalue weighted by atomic mass is 16.7. The molecule has 2 aromatic rings. The fraction of sp³-hybridized carbons (Fsp3) is 0.391. The smallest absolute Gasteiger partial charge is 0.251 e. The van der Waals surface area contributed by atoms with Gasteiger partial charge in [0.25, 0.3) is 5.91 Å². The molecule has 1 heterocycles. The summed E-state index contributed by atoms with van der Waals surface area (Å²) in [5.74, 6) is 1.32. The van der Waals surface area contributed by atoms with E-state index in [-0.39, 0.29) is 18.6 Å². The SMILES string of the molecule is CNC(=O)c1ccc(NC(=O)CN(Cc2ccc3c(c2)OCO3)C2CCCC2)cc1. The maximum absolute atomic E-state index is 12.8. The van der Waals surface area contributed by atoms with Gasteiger partial charge >= 0.3 is 0 Å². The zero-order chi connectivity index (χ0) is 20.9. The van der Waals surface area contributed by atoms with Crippen LogP contribution in [0.15, 0.2) is 42.5 Å². The van der Waals surface area contributed by atoms with Crippen molar-refractivity contribution in [3.63, 3.8) is 0 Å². The number of benzene rings is 2. The molecule has 158 valence electrons. The first-order valence-corrected chi connectivity index (χ1v) is 10.4. The zero-order valence-electron chi connectivity index (χ0n) is 17.1. The van der Waals surface area contributed by atoms with Gasteiger partial charge in [-0.15, -0.1) is 0 Å². The number of ether oxygens (including phenoxy) is 2. The fourth-order valence-electron chi connectivity index (χ4n) is 4.09. The average molecular weight is 409 g/mol. The van der Waals surface area contributed by atoms with E-state index in [2.05, 4.69) is 15.5 Å². The Kier molecular flexibility index (Phi) is 6.18. The Hall–Kier alpha value is -3.06. The highest BCUT2D eigenvalue weighted by molar-refractivity contribution is 5.96. The molecule has 2 N–H and O–H groups in total. The first-order valence-electron chi connectivity index (χ1n) is 10.4. The summed E-state index contributed by atoms with van der Waals surface area (Å²) < 4.78 is 10.9. The van der Waals surface area contributed by atoms with Crippen LogP contribution in [-0.2, 0) is 11.3 Å². The van der Waals surface area contributed by atoms with Crippen molar-refractivity contribution < 1.29 is 19.1 Å². The van der Waals surface area contributed by atoms with Crippen molar-refractivity contribution in [2.45, 2.75) is 38.3 Å². The Labute approximate surface area is 176 Å². The lowest BCUT2D eigenvalue weighted by molar-refractivity contribution is -0.118. The Morgan fingerprint density at radius 2 is 1.77 bits per heavy atom. The average Bonchev–Trinajstić information content (AvgIpc) is 3.45. The van der Waals surface area contributed by atoms with Crippen LogP contribution in [0.2, 0.25) is 0 Å². The summed E-state index contributed by atoms with van der Waals surface area (Å²) in [6.07, 6.45) is 4.62. The third-order valence-corrected chi connectivity index (χ3v) is 5.67. The predicted molar refractivity (Wildman–Crippen MR) is 114 cm³/mol. The van der Waals surface area contributed by atoms with Crippen LogP contribution in [-0.4, -0.2) is 43.1 Å². The van der Waals surface area contributed by atoms with Gasteiger partial charge in [-0.1, -0.05) is 18.9 Å². The monoisotopic (exact) mass is 409 g/mol. The molecule has 0 spiro atoms. The predicted octanol–water partition coefficient (Wildman–Crippen LogP) is 3.16. The van der Waals surface area contributed by atoms with Crippen LogP contribution in [0.5, 0.6) is 11.5 Å². The van der Waals surface area contributed by atoms with Crippen LogP contribution in [0.4, 0.5) is 5.69 Å². The maximum Gasteiger partial charge on any atom is 0.251 e. The summed E-state index contributed by atoms with van der Waals surface area (Å²) in [5.41, 5.74) is 2.35. The fourth-order valence-corrected chi connectivity index (χ4v) is 4.09. The zero-order valence-corrected chi connectivity index (χ0v) is 17.1. The second kappa shape index (κ2) is 9.17. The number of carbonyl (C=O) groups excluding carboxylic acids is 2. The van der Waals surface area contributed by atoms with Gasteiger partial charge in [0.2, 0.25) is 12.7 Å². The van der Waals surface area contributed by atoms with Crippen molar-refractivity contribution in [1.29, 1.82) is 0 Å². The van der Waals surface area contributed by atoms with Gasteiger partial charge in [-0.2, -0.15) is 0 Å². The van der Waals surface area contributed by atoms with Gasteiger partial charge in [-0.3, -0.25) is 14.5 Å². The summed E-state index contributed by atoms with van der Waals surface area (Å²) in [4.78, 5) is 26.7. The molecule has 30 heavy (non-hydrogen) atoms. The molecule has 1 aliphatic heterocycles. The van der Waals surface area contributed by atoms with Gasteiger partial charge in [-0.25, -0.2) is 0 Å². The lowest BCUT2D eigenvalue weighted by Crippen LogP contribution is -2.39. The number of anilines is 1. The minimum absolute atomic E-state index is 0.0599. The molecule has 1 aliphatic carbocycles. The van der Waals surface area contributed by atoms with Gasteiger partial charge in [0.05, 0.1) is 6.54 Å². The van der Waals surface area contributed by atoms with E-state index in [1.165, 1.54) is 12.8 Å². The Balaban J connectivity index is 1.41. The van der Waals surface area contributed by atoms with Crippen molar-refractivity contribution in [3.05, 3.63) is 53.6 Å². The first kappa shape index (κ1) is 20.2. The molecule has 2 aromatic carbocycles. The molecular weight excluding hydrogens is 382 g/mol. The van der Waals surface area contributed by atoms with Crippen LogP contribution >= 0.6 is 0 Å². The van der Waals surface area contributed by atoms with E-state index in [0.717, 1.165) is 29.9 Å². The van der Waals surface area contributed by atoms with Crippen LogP contribution in [0, 0.1) is 0 Å². The number of hydrogen-bond donors (Lipinski definition) is 2. The molecule has 7 nitrogen and oxygen atoms in total. The molecule has 0 atom stereocenters. The number of carbonyl (C=O) groups is 2. The largest absolute Gasteiger partial charge is 0.454 e. The van der Waals surface area contributed by atoms with E-state index in [9.17, 15) is 9.59 Å². The molecule has 0 bridgehead atoms. The summed E-state index contributed by atoms with van der Waals surface area (Å²) in [7, 11) is 1.59. The number of nitrogens with zero attached hydrogens (tertiary/aromatic N) is 1. The molecule has 0 saturated heterocycles. The second-order valence-electron chi connectivity index (χ2n) is 7.74. The Morgan fingerprint density at radius 1 is 1.03 bits per heavy atom. The third kappa shape index (κ3) is 4.74. The molecule has 2 aliphatic rings. The minimum Gasteiger partial charge on any atom is -0.454 e. The van der Waals surface area contributed by atoms with Gasteiger partial charge < -0.3 is 20.1 Å². The second-order valence-corrected chi connectivity index (χ2v) is 7.74. The molecule has 0 aromatic heterocycles. The number of hydrogen-bond acceptors (Lipinski definition) is 5. The van der Waals surface area contributed by atoms with E-state index in [1.54, 1.807) is 31.3 Å². The molecule has 4 rings (SSSR count).